The van der Waals surface area contributed by atoms with E-state index in [2.05, 4.69) is 21.3 Å². The summed E-state index contributed by atoms with van der Waals surface area (Å²) in [6, 6.07) is 0.741. The second-order valence-electron chi connectivity index (χ2n) is 9.83. The number of benzene rings is 1. The summed E-state index contributed by atoms with van der Waals surface area (Å²) in [6.07, 6.45) is 0.779. The van der Waals surface area contributed by atoms with Crippen LogP contribution in [0.4, 0.5) is 0 Å². The first kappa shape index (κ1) is 34.8. The van der Waals surface area contributed by atoms with Gasteiger partial charge in [-0.15, -0.1) is 0 Å². The Morgan fingerprint density at radius 3 is 2.02 bits per heavy atom. The lowest BCUT2D eigenvalue weighted by molar-refractivity contribution is -0.147. The van der Waals surface area contributed by atoms with Crippen LogP contribution in [0.3, 0.4) is 0 Å². The Bertz CT molecular complexity index is 1060. The molecule has 4 atom stereocenters. The number of carboxylic acids is 2. The fourth-order valence-electron chi connectivity index (χ4n) is 3.69. The minimum atomic E-state index is -1.73. The average Bonchev–Trinajstić information content (AvgIpc) is 2.90. The Labute approximate surface area is 237 Å². The molecule has 1 rings (SSSR count). The minimum absolute atomic E-state index is 0.0183. The number of carbonyl (C=O) groups excluding carboxylic acids is 4. The number of phenols is 1. The zero-order chi connectivity index (χ0) is 31.1. The summed E-state index contributed by atoms with van der Waals surface area (Å²) in [5, 5.41) is 37.3. The third-order valence-corrected chi connectivity index (χ3v) is 6.00. The Hall–Kier alpha value is -4.24. The maximum Gasteiger partial charge on any atom is 0.326 e. The lowest BCUT2D eigenvalue weighted by atomic mass is 10.00. The summed E-state index contributed by atoms with van der Waals surface area (Å²) in [5.41, 5.74) is 11.8. The molecule has 0 aliphatic rings. The van der Waals surface area contributed by atoms with E-state index in [0.717, 1.165) is 0 Å². The van der Waals surface area contributed by atoms with Crippen molar-refractivity contribution in [3.05, 3.63) is 29.8 Å². The van der Waals surface area contributed by atoms with Gasteiger partial charge in [-0.1, -0.05) is 32.4 Å². The predicted octanol–water partition coefficient (Wildman–Crippen LogP) is -1.82. The molecule has 0 spiro atoms. The van der Waals surface area contributed by atoms with Crippen LogP contribution >= 0.6 is 0 Å². The number of phenolic OH excluding ortho intramolecular Hbond substituents is 1. The lowest BCUT2D eigenvalue weighted by Gasteiger charge is -2.26. The normalized spacial score (nSPS) is 13.8. The summed E-state index contributed by atoms with van der Waals surface area (Å²) in [6.45, 7) is 3.14. The van der Waals surface area contributed by atoms with Gasteiger partial charge in [-0.2, -0.15) is 0 Å². The van der Waals surface area contributed by atoms with E-state index >= 15 is 0 Å². The Morgan fingerprint density at radius 2 is 1.49 bits per heavy atom. The summed E-state index contributed by atoms with van der Waals surface area (Å²) >= 11 is 0. The third kappa shape index (κ3) is 13.1. The van der Waals surface area contributed by atoms with Crippen LogP contribution in [0.1, 0.15) is 45.1 Å². The number of nitrogens with one attached hydrogen (secondary N) is 4. The molecule has 15 heteroatoms. The molecular weight excluding hydrogens is 540 g/mol. The first-order valence-corrected chi connectivity index (χ1v) is 13.1. The Morgan fingerprint density at radius 1 is 0.854 bits per heavy atom. The zero-order valence-electron chi connectivity index (χ0n) is 23.1. The van der Waals surface area contributed by atoms with Crippen LogP contribution in [0, 0.1) is 5.92 Å². The number of unbranched alkanes of at least 4 members (excludes halogenated alkanes) is 1. The third-order valence-electron chi connectivity index (χ3n) is 6.00. The molecule has 0 aliphatic carbocycles. The summed E-state index contributed by atoms with van der Waals surface area (Å²) < 4.78 is 0. The van der Waals surface area contributed by atoms with Crippen molar-refractivity contribution < 1.29 is 44.1 Å². The molecule has 1 aromatic rings. The molecule has 0 unspecified atom stereocenters. The molecule has 0 radical (unpaired) electrons. The lowest BCUT2D eigenvalue weighted by Crippen LogP contribution is -2.58. The van der Waals surface area contributed by atoms with Crippen molar-refractivity contribution >= 4 is 35.6 Å². The van der Waals surface area contributed by atoms with Crippen LogP contribution in [-0.4, -0.2) is 88.1 Å². The van der Waals surface area contributed by atoms with Gasteiger partial charge in [0.1, 0.15) is 23.9 Å². The molecule has 4 amide bonds. The topological polar surface area (TPSA) is 263 Å². The smallest absolute Gasteiger partial charge is 0.326 e. The van der Waals surface area contributed by atoms with E-state index in [1.807, 2.05) is 0 Å². The second kappa shape index (κ2) is 17.5. The molecule has 228 valence electrons. The number of carbonyl (C=O) groups is 6. The second-order valence-corrected chi connectivity index (χ2v) is 9.83. The van der Waals surface area contributed by atoms with Crippen molar-refractivity contribution in [2.45, 2.75) is 70.1 Å². The number of aromatic hydroxyl groups is 1. The van der Waals surface area contributed by atoms with Gasteiger partial charge in [0.15, 0.2) is 0 Å². The highest BCUT2D eigenvalue weighted by molar-refractivity contribution is 5.95. The quantitative estimate of drug-likeness (QED) is 0.0872. The fraction of sp³-hybridized carbons (Fsp3) is 0.538. The molecule has 15 nitrogen and oxygen atoms in total. The predicted molar refractivity (Wildman–Crippen MR) is 146 cm³/mol. The average molecular weight is 581 g/mol. The number of nitrogens with two attached hydrogens (primary N) is 2. The summed E-state index contributed by atoms with van der Waals surface area (Å²) in [7, 11) is 0. The Balaban J connectivity index is 3.00. The van der Waals surface area contributed by atoms with Crippen molar-refractivity contribution in [2.75, 3.05) is 13.1 Å². The van der Waals surface area contributed by atoms with Crippen LogP contribution in [0.25, 0.3) is 0 Å². The maximum absolute atomic E-state index is 13.3. The molecule has 0 aliphatic heterocycles. The molecule has 11 N–H and O–H groups in total. The number of carboxylic acid groups (broad SMARTS) is 2. The van der Waals surface area contributed by atoms with Crippen molar-refractivity contribution in [3.63, 3.8) is 0 Å². The van der Waals surface area contributed by atoms with Crippen LogP contribution in [0.2, 0.25) is 0 Å². The van der Waals surface area contributed by atoms with Gasteiger partial charge in [0.25, 0.3) is 0 Å². The van der Waals surface area contributed by atoms with E-state index in [0.29, 0.717) is 31.4 Å². The molecule has 1 aromatic carbocycles. The van der Waals surface area contributed by atoms with Gasteiger partial charge >= 0.3 is 11.9 Å². The van der Waals surface area contributed by atoms with Crippen molar-refractivity contribution in [3.8, 4) is 5.75 Å². The molecule has 41 heavy (non-hydrogen) atoms. The van der Waals surface area contributed by atoms with E-state index in [-0.39, 0.29) is 12.2 Å². The number of aliphatic carboxylic acids is 2. The molecule has 0 saturated carbocycles. The van der Waals surface area contributed by atoms with Crippen LogP contribution in [-0.2, 0) is 35.2 Å². The maximum atomic E-state index is 13.3. The van der Waals surface area contributed by atoms with Crippen molar-refractivity contribution in [1.82, 2.24) is 21.3 Å². The van der Waals surface area contributed by atoms with Gasteiger partial charge in [-0.05, 0) is 43.0 Å². The largest absolute Gasteiger partial charge is 0.508 e. The summed E-state index contributed by atoms with van der Waals surface area (Å²) in [4.78, 5) is 73.3. The standard InChI is InChI=1S/C26H40N6O9/c1-14(2)22(25(39)31-19(26(40)41)12-21(35)36)32-24(38)18(11-15-6-8-16(33)9-7-15)30-20(34)13-29-23(37)17(28)5-3-4-10-27/h6-9,14,17-19,22,33H,3-5,10-13,27-28H2,1-2H3,(H,29,37)(H,30,34)(H,31,39)(H,32,38)(H,35,36)(H,40,41)/t17-,18-,19-,22-/m0/s1. The highest BCUT2D eigenvalue weighted by atomic mass is 16.4. The van der Waals surface area contributed by atoms with Gasteiger partial charge in [-0.3, -0.25) is 24.0 Å². The summed E-state index contributed by atoms with van der Waals surface area (Å²) in [5.74, 6) is -6.57. The van der Waals surface area contributed by atoms with Gasteiger partial charge in [0.05, 0.1) is 19.0 Å². The van der Waals surface area contributed by atoms with Crippen LogP contribution in [0.15, 0.2) is 24.3 Å². The molecule has 0 fully saturated rings. The first-order valence-electron chi connectivity index (χ1n) is 13.1. The van der Waals surface area contributed by atoms with Gasteiger partial charge in [-0.25, -0.2) is 4.79 Å². The fourth-order valence-corrected chi connectivity index (χ4v) is 3.69. The molecular formula is C26H40N6O9. The number of hydrogen-bond acceptors (Lipinski definition) is 9. The van der Waals surface area contributed by atoms with E-state index < -0.39 is 78.6 Å². The highest BCUT2D eigenvalue weighted by Gasteiger charge is 2.32. The number of rotatable bonds is 18. The van der Waals surface area contributed by atoms with Gasteiger partial charge in [0, 0.05) is 6.42 Å². The van der Waals surface area contributed by atoms with E-state index in [4.69, 9.17) is 16.6 Å². The molecule has 0 aromatic heterocycles. The monoisotopic (exact) mass is 580 g/mol. The minimum Gasteiger partial charge on any atom is -0.508 e. The van der Waals surface area contributed by atoms with Gasteiger partial charge < -0.3 is 48.1 Å². The molecule has 0 heterocycles. The molecule has 0 saturated heterocycles. The SMILES string of the molecule is CC(C)[C@H](NC(=O)[C@H](Cc1ccc(O)cc1)NC(=O)CNC(=O)[C@@H](N)CCCCN)C(=O)N[C@@H](CC(=O)O)C(=O)O. The number of amides is 4. The van der Waals surface area contributed by atoms with E-state index in [1.54, 1.807) is 13.8 Å². The number of hydrogen-bond donors (Lipinski definition) is 9. The Kier molecular flexibility index (Phi) is 14.8. The zero-order valence-corrected chi connectivity index (χ0v) is 23.1. The van der Waals surface area contributed by atoms with Crippen LogP contribution in [0.5, 0.6) is 5.75 Å². The van der Waals surface area contributed by atoms with Crippen LogP contribution < -0.4 is 32.7 Å². The van der Waals surface area contributed by atoms with E-state index in [9.17, 15) is 39.0 Å². The highest BCUT2D eigenvalue weighted by Crippen LogP contribution is 2.12. The first-order chi connectivity index (χ1) is 19.2. The molecule has 0 bridgehead atoms. The van der Waals surface area contributed by atoms with Crippen molar-refractivity contribution in [2.24, 2.45) is 17.4 Å². The van der Waals surface area contributed by atoms with Gasteiger partial charge in [0.2, 0.25) is 23.6 Å². The van der Waals surface area contributed by atoms with E-state index in [1.165, 1.54) is 24.3 Å². The van der Waals surface area contributed by atoms with Crippen molar-refractivity contribution in [1.29, 1.82) is 0 Å².